The van der Waals surface area contributed by atoms with Crippen LogP contribution >= 0.6 is 11.6 Å². The van der Waals surface area contributed by atoms with Crippen molar-refractivity contribution in [2.24, 2.45) is 15.2 Å². The Labute approximate surface area is 247 Å². The van der Waals surface area contributed by atoms with Gasteiger partial charge in [-0.15, -0.1) is 4.40 Å². The van der Waals surface area contributed by atoms with Crippen LogP contribution in [-0.4, -0.2) is 47.8 Å². The molecule has 0 spiro atoms. The number of guanidine groups is 1. The Balaban J connectivity index is 1.42. The van der Waals surface area contributed by atoms with Gasteiger partial charge in [0.25, 0.3) is 10.0 Å². The van der Waals surface area contributed by atoms with E-state index < -0.39 is 27.6 Å². The summed E-state index contributed by atoms with van der Waals surface area (Å²) in [5.74, 6) is -0.932. The maximum absolute atomic E-state index is 12.9. The van der Waals surface area contributed by atoms with Crippen molar-refractivity contribution < 1.29 is 28.2 Å². The van der Waals surface area contributed by atoms with Crippen molar-refractivity contribution in [1.82, 2.24) is 5.01 Å². The van der Waals surface area contributed by atoms with E-state index in [9.17, 15) is 23.4 Å². The first kappa shape index (κ1) is 28.8. The lowest BCUT2D eigenvalue weighted by Gasteiger charge is -2.25. The van der Waals surface area contributed by atoms with Gasteiger partial charge in [0.2, 0.25) is 5.96 Å². The number of halogens is 1. The van der Waals surface area contributed by atoms with Crippen LogP contribution in [-0.2, 0) is 22.2 Å². The summed E-state index contributed by atoms with van der Waals surface area (Å²) in [6.07, 6.45) is 0. The second-order valence-corrected chi connectivity index (χ2v) is 11.5. The van der Waals surface area contributed by atoms with Crippen LogP contribution in [0.5, 0.6) is 5.75 Å². The van der Waals surface area contributed by atoms with Crippen LogP contribution in [0.2, 0.25) is 5.02 Å². The van der Waals surface area contributed by atoms with Gasteiger partial charge in [0.1, 0.15) is 18.1 Å². The van der Waals surface area contributed by atoms with Crippen LogP contribution in [0.3, 0.4) is 0 Å². The molecule has 214 valence electrons. The lowest BCUT2D eigenvalue weighted by atomic mass is 9.86. The number of nitrogens with zero attached hydrogens (tertiary/aromatic N) is 3. The minimum Gasteiger partial charge on any atom is -0.489 e. The zero-order chi connectivity index (χ0) is 29.9. The smallest absolute Gasteiger partial charge is 0.335 e. The van der Waals surface area contributed by atoms with Gasteiger partial charge in [-0.25, -0.2) is 9.80 Å². The van der Waals surface area contributed by atoms with Gasteiger partial charge < -0.3 is 20.7 Å². The number of carboxylic acids is 1. The third-order valence-corrected chi connectivity index (χ3v) is 8.09. The molecule has 0 aromatic heterocycles. The summed E-state index contributed by atoms with van der Waals surface area (Å²) >= 11 is 5.87. The molecular weight excluding hydrogens is 580 g/mol. The minimum absolute atomic E-state index is 0.0955. The molecule has 12 heteroatoms. The van der Waals surface area contributed by atoms with Crippen molar-refractivity contribution in [1.29, 1.82) is 0 Å². The fraction of sp³-hybridized carbons (Fsp3) is 0.100. The van der Waals surface area contributed by atoms with Crippen molar-refractivity contribution in [3.05, 3.63) is 130 Å². The summed E-state index contributed by atoms with van der Waals surface area (Å²) in [7, 11) is -4.18. The molecule has 0 saturated carbocycles. The summed E-state index contributed by atoms with van der Waals surface area (Å²) in [6.45, 7) is -0.0335. The van der Waals surface area contributed by atoms with Gasteiger partial charge in [-0.1, -0.05) is 54.1 Å². The molecule has 1 aliphatic rings. The average Bonchev–Trinajstić information content (AvgIpc) is 3.36. The number of carboxylic acid groups (broad SMARTS) is 1. The highest BCUT2D eigenvalue weighted by Crippen LogP contribution is 2.33. The maximum atomic E-state index is 12.9. The maximum Gasteiger partial charge on any atom is 0.335 e. The molecule has 10 nitrogen and oxygen atoms in total. The molecule has 1 aliphatic heterocycles. The van der Waals surface area contributed by atoms with Crippen molar-refractivity contribution in [2.45, 2.75) is 17.1 Å². The van der Waals surface area contributed by atoms with Gasteiger partial charge in [-0.05, 0) is 71.8 Å². The zero-order valence-corrected chi connectivity index (χ0v) is 23.5. The van der Waals surface area contributed by atoms with E-state index >= 15 is 0 Å². The summed E-state index contributed by atoms with van der Waals surface area (Å²) in [5, 5.41) is 27.1. The van der Waals surface area contributed by atoms with Gasteiger partial charge in [-0.3, -0.25) is 0 Å². The second-order valence-electron chi connectivity index (χ2n) is 9.43. The highest BCUT2D eigenvalue weighted by atomic mass is 35.5. The van der Waals surface area contributed by atoms with Gasteiger partial charge in [0, 0.05) is 10.6 Å². The number of ether oxygens (including phenoxy) is 1. The molecule has 0 fully saturated rings. The van der Waals surface area contributed by atoms with E-state index in [1.165, 1.54) is 36.4 Å². The Morgan fingerprint density at radius 2 is 1.69 bits per heavy atom. The monoisotopic (exact) mass is 604 g/mol. The Morgan fingerprint density at radius 1 is 1.00 bits per heavy atom. The van der Waals surface area contributed by atoms with E-state index in [2.05, 4.69) is 9.50 Å². The van der Waals surface area contributed by atoms with E-state index in [0.717, 1.165) is 5.01 Å². The van der Waals surface area contributed by atoms with Gasteiger partial charge >= 0.3 is 5.97 Å². The van der Waals surface area contributed by atoms with E-state index in [1.807, 2.05) is 6.07 Å². The minimum atomic E-state index is -4.18. The molecule has 0 radical (unpaired) electrons. The summed E-state index contributed by atoms with van der Waals surface area (Å²) in [6, 6.07) is 27.6. The lowest BCUT2D eigenvalue weighted by molar-refractivity contribution is 0.0696. The van der Waals surface area contributed by atoms with Crippen LogP contribution in [0.1, 0.15) is 27.0 Å². The van der Waals surface area contributed by atoms with Crippen LogP contribution in [0.25, 0.3) is 0 Å². The largest absolute Gasteiger partial charge is 0.489 e. The normalized spacial score (nSPS) is 17.1. The Kier molecular flexibility index (Phi) is 7.99. The van der Waals surface area contributed by atoms with Crippen LogP contribution in [0.4, 0.5) is 0 Å². The van der Waals surface area contributed by atoms with E-state index in [1.54, 1.807) is 60.7 Å². The number of β-amino-alcohol motifs (C(OH)–C–C–N with tert-alkyl or cyclic N) is 1. The molecule has 1 unspecified atom stereocenters. The fourth-order valence-corrected chi connectivity index (χ4v) is 5.45. The third kappa shape index (κ3) is 6.13. The second kappa shape index (κ2) is 11.6. The topological polar surface area (TPSA) is 155 Å². The first-order chi connectivity index (χ1) is 20.0. The lowest BCUT2D eigenvalue weighted by Crippen LogP contribution is -2.42. The Bertz CT molecular complexity index is 1780. The Morgan fingerprint density at radius 3 is 2.36 bits per heavy atom. The van der Waals surface area contributed by atoms with Crippen LogP contribution in [0, 0.1) is 0 Å². The SMILES string of the molecule is N/C(=N\S(=O)(=O)c1ccc(Cl)cc1)N1CC(O)(c2ccccc2)C(c2ccc(OCc3cccc(C(=O)O)c3)cc2)=N1. The number of carbonyl (C=O) groups is 1. The van der Waals surface area contributed by atoms with Gasteiger partial charge in [0.05, 0.1) is 17.0 Å². The standard InChI is InChI=1S/C30H25ClN4O6S/c31-24-11-15-26(16-12-24)42(39,40)34-29(32)35-19-30(38,23-7-2-1-3-8-23)27(33-35)21-9-13-25(14-10-21)41-18-20-5-4-6-22(17-20)28(36)37/h1-17,38H,18-19H2,(H2,32,34)(H,36,37). The van der Waals surface area contributed by atoms with Crippen molar-refractivity contribution in [2.75, 3.05) is 6.54 Å². The quantitative estimate of drug-likeness (QED) is 0.199. The third-order valence-electron chi connectivity index (χ3n) is 6.54. The Hall–Kier alpha value is -4.71. The molecule has 4 aromatic carbocycles. The first-order valence-electron chi connectivity index (χ1n) is 12.6. The number of hydrogen-bond donors (Lipinski definition) is 3. The first-order valence-corrected chi connectivity index (χ1v) is 14.4. The number of aromatic carboxylic acids is 1. The number of sulfonamides is 1. The molecule has 42 heavy (non-hydrogen) atoms. The van der Waals surface area contributed by atoms with Crippen molar-refractivity contribution in [3.63, 3.8) is 0 Å². The number of hydrogen-bond acceptors (Lipinski definition) is 6. The van der Waals surface area contributed by atoms with E-state index in [-0.39, 0.29) is 29.3 Å². The molecule has 0 amide bonds. The number of aliphatic hydroxyl groups is 1. The van der Waals surface area contributed by atoms with E-state index in [4.69, 9.17) is 22.1 Å². The summed E-state index contributed by atoms with van der Waals surface area (Å²) < 4.78 is 35.3. The molecule has 5 rings (SSSR count). The van der Waals surface area contributed by atoms with Crippen LogP contribution in [0.15, 0.2) is 118 Å². The molecule has 0 saturated heterocycles. The average molecular weight is 605 g/mol. The molecule has 1 heterocycles. The van der Waals surface area contributed by atoms with Crippen molar-refractivity contribution in [3.8, 4) is 5.75 Å². The molecule has 4 N–H and O–H groups in total. The predicted octanol–water partition coefficient (Wildman–Crippen LogP) is 4.23. The van der Waals surface area contributed by atoms with E-state index in [0.29, 0.717) is 27.5 Å². The number of nitrogens with two attached hydrogens (primary N) is 1. The molecule has 1 atom stereocenters. The fourth-order valence-electron chi connectivity index (χ4n) is 4.40. The number of rotatable bonds is 8. The molecule has 0 bridgehead atoms. The van der Waals surface area contributed by atoms with Crippen molar-refractivity contribution >= 4 is 39.3 Å². The highest BCUT2D eigenvalue weighted by molar-refractivity contribution is 7.90. The number of hydrazone groups is 1. The predicted molar refractivity (Wildman–Crippen MR) is 158 cm³/mol. The summed E-state index contributed by atoms with van der Waals surface area (Å²) in [5.41, 5.74) is 6.62. The zero-order valence-electron chi connectivity index (χ0n) is 22.0. The highest BCUT2D eigenvalue weighted by Gasteiger charge is 2.44. The number of benzene rings is 4. The van der Waals surface area contributed by atoms with Gasteiger partial charge in [-0.2, -0.15) is 13.5 Å². The van der Waals surface area contributed by atoms with Crippen LogP contribution < -0.4 is 10.5 Å². The molecule has 0 aliphatic carbocycles. The summed E-state index contributed by atoms with van der Waals surface area (Å²) in [4.78, 5) is 11.1. The molecule has 4 aromatic rings. The van der Waals surface area contributed by atoms with Gasteiger partial charge in [0.15, 0.2) is 5.60 Å². The molecular formula is C30H25ClN4O6S.